The SMILES string of the molecule is CSC1CCN(C(C)c2ccc3c(n2)OCCO3)C1. The summed E-state index contributed by atoms with van der Waals surface area (Å²) < 4.78 is 11.1. The van der Waals surface area contributed by atoms with Gasteiger partial charge in [0, 0.05) is 17.8 Å². The van der Waals surface area contributed by atoms with Crippen molar-refractivity contribution >= 4 is 11.8 Å². The van der Waals surface area contributed by atoms with Gasteiger partial charge in [0.05, 0.1) is 5.69 Å². The first-order valence-corrected chi connectivity index (χ1v) is 8.10. The topological polar surface area (TPSA) is 34.6 Å². The van der Waals surface area contributed by atoms with Gasteiger partial charge in [-0.2, -0.15) is 11.8 Å². The van der Waals surface area contributed by atoms with Crippen molar-refractivity contribution in [3.63, 3.8) is 0 Å². The number of hydrogen-bond donors (Lipinski definition) is 0. The maximum atomic E-state index is 5.56. The van der Waals surface area contributed by atoms with Crippen molar-refractivity contribution in [2.75, 3.05) is 32.6 Å². The molecule has 4 nitrogen and oxygen atoms in total. The minimum Gasteiger partial charge on any atom is -0.484 e. The van der Waals surface area contributed by atoms with E-state index in [-0.39, 0.29) is 0 Å². The molecule has 0 radical (unpaired) electrons. The first-order valence-electron chi connectivity index (χ1n) is 6.81. The summed E-state index contributed by atoms with van der Waals surface area (Å²) >= 11 is 1.96. The smallest absolute Gasteiger partial charge is 0.257 e. The summed E-state index contributed by atoms with van der Waals surface area (Å²) in [5.41, 5.74) is 1.08. The first-order chi connectivity index (χ1) is 9.28. The normalized spacial score (nSPS) is 24.4. The van der Waals surface area contributed by atoms with Crippen molar-refractivity contribution in [2.24, 2.45) is 0 Å². The molecule has 1 aromatic rings. The molecule has 0 amide bonds. The molecule has 2 unspecified atom stereocenters. The van der Waals surface area contributed by atoms with Gasteiger partial charge in [-0.05, 0) is 38.3 Å². The zero-order chi connectivity index (χ0) is 13.2. The van der Waals surface area contributed by atoms with Crippen LogP contribution >= 0.6 is 11.8 Å². The molecule has 0 saturated carbocycles. The Balaban J connectivity index is 1.74. The van der Waals surface area contributed by atoms with E-state index >= 15 is 0 Å². The van der Waals surface area contributed by atoms with Crippen LogP contribution in [0.15, 0.2) is 12.1 Å². The fraction of sp³-hybridized carbons (Fsp3) is 0.643. The number of aromatic nitrogens is 1. The lowest BCUT2D eigenvalue weighted by Crippen LogP contribution is -2.26. The Bertz CT molecular complexity index is 455. The molecule has 0 N–H and O–H groups in total. The summed E-state index contributed by atoms with van der Waals surface area (Å²) in [6, 6.07) is 4.38. The number of thioether (sulfide) groups is 1. The van der Waals surface area contributed by atoms with Gasteiger partial charge < -0.3 is 9.47 Å². The maximum Gasteiger partial charge on any atom is 0.257 e. The minimum atomic E-state index is 0.341. The van der Waals surface area contributed by atoms with Gasteiger partial charge in [-0.25, -0.2) is 4.98 Å². The van der Waals surface area contributed by atoms with Crippen molar-refractivity contribution in [1.82, 2.24) is 9.88 Å². The van der Waals surface area contributed by atoms with E-state index in [1.807, 2.05) is 17.8 Å². The van der Waals surface area contributed by atoms with E-state index in [4.69, 9.17) is 9.47 Å². The first kappa shape index (κ1) is 13.1. The Morgan fingerprint density at radius 2 is 2.21 bits per heavy atom. The Labute approximate surface area is 118 Å². The summed E-state index contributed by atoms with van der Waals surface area (Å²) in [7, 11) is 0. The Morgan fingerprint density at radius 1 is 1.37 bits per heavy atom. The number of fused-ring (bicyclic) bond motifs is 1. The summed E-state index contributed by atoms with van der Waals surface area (Å²) in [6.07, 6.45) is 3.47. The van der Waals surface area contributed by atoms with E-state index in [1.165, 1.54) is 6.42 Å². The van der Waals surface area contributed by atoms with E-state index in [9.17, 15) is 0 Å². The van der Waals surface area contributed by atoms with Crippen molar-refractivity contribution in [3.8, 4) is 11.6 Å². The lowest BCUT2D eigenvalue weighted by atomic mass is 10.2. The summed E-state index contributed by atoms with van der Waals surface area (Å²) in [5, 5.41) is 0.764. The van der Waals surface area contributed by atoms with Crippen LogP contribution in [0.4, 0.5) is 0 Å². The van der Waals surface area contributed by atoms with E-state index in [0.29, 0.717) is 25.1 Å². The molecule has 104 valence electrons. The molecule has 2 aliphatic rings. The van der Waals surface area contributed by atoms with Gasteiger partial charge in [0.1, 0.15) is 13.2 Å². The summed E-state index contributed by atoms with van der Waals surface area (Å²) in [4.78, 5) is 7.11. The predicted molar refractivity (Wildman–Crippen MR) is 77.1 cm³/mol. The highest BCUT2D eigenvalue weighted by atomic mass is 32.2. The van der Waals surface area contributed by atoms with Crippen molar-refractivity contribution in [2.45, 2.75) is 24.6 Å². The molecule has 3 rings (SSSR count). The van der Waals surface area contributed by atoms with Gasteiger partial charge in [0.2, 0.25) is 0 Å². The maximum absolute atomic E-state index is 5.56. The second kappa shape index (κ2) is 5.59. The fourth-order valence-electron chi connectivity index (χ4n) is 2.66. The third-order valence-electron chi connectivity index (χ3n) is 3.91. The molecule has 0 spiro atoms. The highest BCUT2D eigenvalue weighted by Crippen LogP contribution is 2.32. The van der Waals surface area contributed by atoms with Crippen LogP contribution in [0.25, 0.3) is 0 Å². The third kappa shape index (κ3) is 2.67. The largest absolute Gasteiger partial charge is 0.484 e. The van der Waals surface area contributed by atoms with Crippen LogP contribution in [0.5, 0.6) is 11.6 Å². The second-order valence-corrected chi connectivity index (χ2v) is 6.19. The zero-order valence-corrected chi connectivity index (χ0v) is 12.3. The zero-order valence-electron chi connectivity index (χ0n) is 11.5. The molecule has 19 heavy (non-hydrogen) atoms. The van der Waals surface area contributed by atoms with Crippen molar-refractivity contribution in [3.05, 3.63) is 17.8 Å². The fourth-order valence-corrected chi connectivity index (χ4v) is 3.34. The van der Waals surface area contributed by atoms with Gasteiger partial charge in [0.15, 0.2) is 5.75 Å². The molecule has 0 aromatic carbocycles. The number of hydrogen-bond acceptors (Lipinski definition) is 5. The van der Waals surface area contributed by atoms with Crippen LogP contribution in [0.2, 0.25) is 0 Å². The summed E-state index contributed by atoms with van der Waals surface area (Å²) in [5.74, 6) is 1.42. The van der Waals surface area contributed by atoms with Gasteiger partial charge in [0.25, 0.3) is 5.88 Å². The molecule has 5 heteroatoms. The van der Waals surface area contributed by atoms with Crippen molar-refractivity contribution < 1.29 is 9.47 Å². The molecule has 0 aliphatic carbocycles. The number of nitrogens with zero attached hydrogens (tertiary/aromatic N) is 2. The average Bonchev–Trinajstić information content (AvgIpc) is 2.95. The number of ether oxygens (including phenoxy) is 2. The highest BCUT2D eigenvalue weighted by Gasteiger charge is 2.27. The van der Waals surface area contributed by atoms with Gasteiger partial charge in [-0.3, -0.25) is 4.90 Å². The second-order valence-electron chi connectivity index (χ2n) is 5.05. The molecule has 1 fully saturated rings. The molecular weight excluding hydrogens is 260 g/mol. The van der Waals surface area contributed by atoms with Crippen LogP contribution in [-0.4, -0.2) is 47.7 Å². The Hall–Kier alpha value is -0.940. The lowest BCUT2D eigenvalue weighted by Gasteiger charge is -2.25. The lowest BCUT2D eigenvalue weighted by molar-refractivity contribution is 0.162. The number of pyridine rings is 1. The van der Waals surface area contributed by atoms with Crippen LogP contribution in [0.3, 0.4) is 0 Å². The van der Waals surface area contributed by atoms with Crippen LogP contribution < -0.4 is 9.47 Å². The monoisotopic (exact) mass is 280 g/mol. The third-order valence-corrected chi connectivity index (χ3v) is 4.96. The summed E-state index contributed by atoms with van der Waals surface area (Å²) in [6.45, 7) is 5.74. The molecule has 2 atom stereocenters. The molecule has 2 aliphatic heterocycles. The van der Waals surface area contributed by atoms with E-state index in [1.54, 1.807) is 0 Å². The minimum absolute atomic E-state index is 0.341. The Kier molecular flexibility index (Phi) is 3.84. The molecular formula is C14H20N2O2S. The van der Waals surface area contributed by atoms with Crippen LogP contribution in [0, 0.1) is 0 Å². The Morgan fingerprint density at radius 3 is 3.00 bits per heavy atom. The van der Waals surface area contributed by atoms with E-state index < -0.39 is 0 Å². The molecule has 1 saturated heterocycles. The molecule has 0 bridgehead atoms. The molecule has 1 aromatic heterocycles. The van der Waals surface area contributed by atoms with E-state index in [0.717, 1.165) is 29.8 Å². The quantitative estimate of drug-likeness (QED) is 0.849. The van der Waals surface area contributed by atoms with Gasteiger partial charge in [-0.1, -0.05) is 0 Å². The van der Waals surface area contributed by atoms with Crippen LogP contribution in [-0.2, 0) is 0 Å². The van der Waals surface area contributed by atoms with Crippen LogP contribution in [0.1, 0.15) is 25.1 Å². The standard InChI is InChI=1S/C14H20N2O2S/c1-10(16-6-5-11(9-16)19-2)12-3-4-13-14(15-12)18-8-7-17-13/h3-4,10-11H,5-9H2,1-2H3. The molecule has 3 heterocycles. The number of rotatable bonds is 3. The van der Waals surface area contributed by atoms with E-state index in [2.05, 4.69) is 29.1 Å². The van der Waals surface area contributed by atoms with Crippen molar-refractivity contribution in [1.29, 1.82) is 0 Å². The highest BCUT2D eigenvalue weighted by molar-refractivity contribution is 7.99. The van der Waals surface area contributed by atoms with Gasteiger partial charge in [-0.15, -0.1) is 0 Å². The predicted octanol–water partition coefficient (Wildman–Crippen LogP) is 2.35. The average molecular weight is 280 g/mol. The number of likely N-dealkylation sites (tertiary alicyclic amines) is 1. The van der Waals surface area contributed by atoms with Gasteiger partial charge >= 0.3 is 0 Å².